The van der Waals surface area contributed by atoms with Gasteiger partial charge in [-0.05, 0) is 6.07 Å². The molecule has 2 heterocycles. The lowest BCUT2D eigenvalue weighted by Gasteiger charge is -1.94. The molecule has 0 atom stereocenters. The molecule has 5 heteroatoms. The Morgan fingerprint density at radius 1 is 1.58 bits per heavy atom. The number of hydrogen-bond acceptors (Lipinski definition) is 4. The van der Waals surface area contributed by atoms with Crippen LogP contribution >= 0.6 is 11.3 Å². The summed E-state index contributed by atoms with van der Waals surface area (Å²) in [5.74, 6) is 0. The van der Waals surface area contributed by atoms with Gasteiger partial charge in [0.15, 0.2) is 0 Å². The molecule has 2 rings (SSSR count). The van der Waals surface area contributed by atoms with Gasteiger partial charge in [-0.25, -0.2) is 4.98 Å². The second-order valence-electron chi connectivity index (χ2n) is 2.21. The van der Waals surface area contributed by atoms with Crippen molar-refractivity contribution in [3.05, 3.63) is 23.8 Å². The summed E-state index contributed by atoms with van der Waals surface area (Å²) in [6.45, 7) is 0. The van der Waals surface area contributed by atoms with E-state index < -0.39 is 0 Å². The van der Waals surface area contributed by atoms with Crippen LogP contribution in [0.4, 0.5) is 0 Å². The van der Waals surface area contributed by atoms with E-state index in [0.717, 1.165) is 10.7 Å². The molecule has 2 aromatic rings. The number of aromatic nitrogens is 3. The molecule has 0 radical (unpaired) electrons. The van der Waals surface area contributed by atoms with Crippen molar-refractivity contribution in [3.63, 3.8) is 0 Å². The van der Waals surface area contributed by atoms with Crippen molar-refractivity contribution in [3.8, 4) is 10.7 Å². The lowest BCUT2D eigenvalue weighted by Crippen LogP contribution is -2.08. The van der Waals surface area contributed by atoms with E-state index in [0.29, 0.717) is 0 Å². The third-order valence-corrected chi connectivity index (χ3v) is 2.27. The Bertz CT molecular complexity index is 351. The molecule has 0 saturated carbocycles. The number of rotatable bonds is 2. The minimum Gasteiger partial charge on any atom is -0.313 e. The number of nitrogens with zero attached hydrogens (tertiary/aromatic N) is 3. The average molecular weight is 180 g/mol. The maximum Gasteiger partial charge on any atom is 0.143 e. The second-order valence-corrected chi connectivity index (χ2v) is 3.10. The molecular formula is C7H8N4S. The Labute approximate surface area is 73.8 Å². The Balaban J connectivity index is 2.35. The predicted molar refractivity (Wildman–Crippen MR) is 48.6 cm³/mol. The molecule has 2 aromatic heterocycles. The second kappa shape index (κ2) is 2.94. The van der Waals surface area contributed by atoms with Crippen molar-refractivity contribution in [2.24, 2.45) is 0 Å². The normalized spacial score (nSPS) is 10.1. The van der Waals surface area contributed by atoms with E-state index in [1.165, 1.54) is 0 Å². The van der Waals surface area contributed by atoms with Crippen molar-refractivity contribution < 1.29 is 0 Å². The summed E-state index contributed by atoms with van der Waals surface area (Å²) in [6.07, 6.45) is 3.63. The van der Waals surface area contributed by atoms with Crippen molar-refractivity contribution in [2.45, 2.75) is 0 Å². The third kappa shape index (κ3) is 1.18. The number of thiazole rings is 1. The summed E-state index contributed by atoms with van der Waals surface area (Å²) in [5.41, 5.74) is 3.79. The zero-order valence-electron chi connectivity index (χ0n) is 6.56. The van der Waals surface area contributed by atoms with Gasteiger partial charge in [0.25, 0.3) is 0 Å². The highest BCUT2D eigenvalue weighted by Crippen LogP contribution is 2.18. The number of hydrogen-bond donors (Lipinski definition) is 1. The maximum atomic E-state index is 4.22. The first-order valence-electron chi connectivity index (χ1n) is 3.53. The molecule has 0 bridgehead atoms. The Kier molecular flexibility index (Phi) is 1.79. The summed E-state index contributed by atoms with van der Waals surface area (Å²) < 4.78 is 0. The highest BCUT2D eigenvalue weighted by molar-refractivity contribution is 7.13. The molecule has 0 aliphatic carbocycles. The summed E-state index contributed by atoms with van der Waals surface area (Å²) >= 11 is 1.59. The molecule has 0 unspecified atom stereocenters. The van der Waals surface area contributed by atoms with E-state index in [1.54, 1.807) is 22.3 Å². The standard InChI is InChI=1S/C7H8N4S/c1-8-11-4-2-6(10-11)7-9-3-5-12-7/h2-5,8H,1H3. The molecule has 0 saturated heterocycles. The Morgan fingerprint density at radius 3 is 3.08 bits per heavy atom. The zero-order valence-corrected chi connectivity index (χ0v) is 7.38. The van der Waals surface area contributed by atoms with Gasteiger partial charge >= 0.3 is 0 Å². The minimum absolute atomic E-state index is 0.902. The largest absolute Gasteiger partial charge is 0.313 e. The van der Waals surface area contributed by atoms with Crippen LogP contribution < -0.4 is 5.43 Å². The third-order valence-electron chi connectivity index (χ3n) is 1.47. The maximum absolute atomic E-state index is 4.22. The molecular weight excluding hydrogens is 172 g/mol. The first-order valence-corrected chi connectivity index (χ1v) is 4.41. The summed E-state index contributed by atoms with van der Waals surface area (Å²) in [7, 11) is 1.82. The lowest BCUT2D eigenvalue weighted by molar-refractivity contribution is 0.785. The van der Waals surface area contributed by atoms with Crippen LogP contribution in [0.1, 0.15) is 0 Å². The van der Waals surface area contributed by atoms with Gasteiger partial charge in [-0.2, -0.15) is 9.89 Å². The molecule has 62 valence electrons. The van der Waals surface area contributed by atoms with Gasteiger partial charge in [0.05, 0.1) is 0 Å². The highest BCUT2D eigenvalue weighted by Gasteiger charge is 2.02. The van der Waals surface area contributed by atoms with Gasteiger partial charge in [0, 0.05) is 24.8 Å². The van der Waals surface area contributed by atoms with Gasteiger partial charge in [0.2, 0.25) is 0 Å². The topological polar surface area (TPSA) is 42.7 Å². The molecule has 1 N–H and O–H groups in total. The van der Waals surface area contributed by atoms with E-state index in [9.17, 15) is 0 Å². The van der Waals surface area contributed by atoms with Crippen LogP contribution in [0.5, 0.6) is 0 Å². The van der Waals surface area contributed by atoms with E-state index in [1.807, 2.05) is 24.7 Å². The molecule has 0 fully saturated rings. The first-order chi connectivity index (χ1) is 5.90. The van der Waals surface area contributed by atoms with Crippen molar-refractivity contribution in [1.29, 1.82) is 0 Å². The number of nitrogens with one attached hydrogen (secondary N) is 1. The highest BCUT2D eigenvalue weighted by atomic mass is 32.1. The predicted octanol–water partition coefficient (Wildman–Crippen LogP) is 1.18. The van der Waals surface area contributed by atoms with E-state index in [-0.39, 0.29) is 0 Å². The molecule has 0 aromatic carbocycles. The van der Waals surface area contributed by atoms with Crippen LogP contribution in [0.15, 0.2) is 23.8 Å². The molecule has 12 heavy (non-hydrogen) atoms. The van der Waals surface area contributed by atoms with Crippen LogP contribution in [-0.2, 0) is 0 Å². The molecule has 0 aliphatic heterocycles. The van der Waals surface area contributed by atoms with Crippen molar-refractivity contribution in [2.75, 3.05) is 12.5 Å². The molecule has 0 aliphatic rings. The van der Waals surface area contributed by atoms with Crippen LogP contribution in [-0.4, -0.2) is 21.9 Å². The van der Waals surface area contributed by atoms with Crippen LogP contribution in [0.2, 0.25) is 0 Å². The fourth-order valence-corrected chi connectivity index (χ4v) is 1.51. The van der Waals surface area contributed by atoms with Crippen LogP contribution in [0, 0.1) is 0 Å². The smallest absolute Gasteiger partial charge is 0.143 e. The molecule has 0 amide bonds. The van der Waals surface area contributed by atoms with Crippen LogP contribution in [0.25, 0.3) is 10.7 Å². The SMILES string of the molecule is CNn1ccc(-c2nccs2)n1. The quantitative estimate of drug-likeness (QED) is 0.754. The van der Waals surface area contributed by atoms with E-state index >= 15 is 0 Å². The van der Waals surface area contributed by atoms with Gasteiger partial charge in [0.1, 0.15) is 10.7 Å². The lowest BCUT2D eigenvalue weighted by atomic mass is 10.5. The van der Waals surface area contributed by atoms with Gasteiger partial charge in [-0.3, -0.25) is 0 Å². The Morgan fingerprint density at radius 2 is 2.50 bits per heavy atom. The van der Waals surface area contributed by atoms with Gasteiger partial charge in [-0.15, -0.1) is 11.3 Å². The molecule has 0 spiro atoms. The first kappa shape index (κ1) is 7.30. The van der Waals surface area contributed by atoms with Gasteiger partial charge < -0.3 is 5.43 Å². The monoisotopic (exact) mass is 180 g/mol. The fourth-order valence-electron chi connectivity index (χ4n) is 0.912. The van der Waals surface area contributed by atoms with Crippen LogP contribution in [0.3, 0.4) is 0 Å². The summed E-state index contributed by atoms with van der Waals surface area (Å²) in [4.78, 5) is 5.80. The Hall–Kier alpha value is -1.36. The molecule has 4 nitrogen and oxygen atoms in total. The van der Waals surface area contributed by atoms with Crippen molar-refractivity contribution in [1.82, 2.24) is 14.9 Å². The summed E-state index contributed by atoms with van der Waals surface area (Å²) in [5, 5.41) is 7.11. The van der Waals surface area contributed by atoms with Crippen molar-refractivity contribution >= 4 is 11.3 Å². The minimum atomic E-state index is 0.902. The van der Waals surface area contributed by atoms with E-state index in [2.05, 4.69) is 15.5 Å². The van der Waals surface area contributed by atoms with E-state index in [4.69, 9.17) is 0 Å². The average Bonchev–Trinajstić information content (AvgIpc) is 2.75. The zero-order chi connectivity index (χ0) is 8.39. The van der Waals surface area contributed by atoms with Gasteiger partial charge in [-0.1, -0.05) is 0 Å². The summed E-state index contributed by atoms with van der Waals surface area (Å²) in [6, 6.07) is 1.93. The fraction of sp³-hybridized carbons (Fsp3) is 0.143.